The van der Waals surface area contributed by atoms with Crippen LogP contribution in [0.1, 0.15) is 40.5 Å². The number of nitrogens with zero attached hydrogens (tertiary/aromatic N) is 6. The van der Waals surface area contributed by atoms with Crippen molar-refractivity contribution >= 4 is 23.1 Å². The van der Waals surface area contributed by atoms with Crippen molar-refractivity contribution in [3.63, 3.8) is 0 Å². The number of hydrogen-bond donors (Lipinski definition) is 3. The molecule has 31 heavy (non-hydrogen) atoms. The maximum Gasteiger partial charge on any atom is 0.229 e. The van der Waals surface area contributed by atoms with E-state index in [1.165, 1.54) is 5.01 Å². The van der Waals surface area contributed by atoms with Crippen LogP contribution in [0, 0.1) is 5.82 Å². The lowest BCUT2D eigenvalue weighted by Crippen LogP contribution is -2.60. The van der Waals surface area contributed by atoms with Crippen molar-refractivity contribution in [2.75, 3.05) is 22.3 Å². The molecule has 1 saturated heterocycles. The molecular formula is C20H27F2N9. The minimum absolute atomic E-state index is 0.0657. The van der Waals surface area contributed by atoms with Crippen molar-refractivity contribution in [2.24, 2.45) is 10.4 Å². The molecule has 0 atom stereocenters. The molecule has 0 bridgehead atoms. The van der Waals surface area contributed by atoms with Gasteiger partial charge in [0.25, 0.3) is 0 Å². The fourth-order valence-corrected chi connectivity index (χ4v) is 4.41. The molecule has 0 radical (unpaired) electrons. The summed E-state index contributed by atoms with van der Waals surface area (Å²) >= 11 is 0. The molecule has 4 rings (SSSR count). The molecule has 0 unspecified atom stereocenters. The summed E-state index contributed by atoms with van der Waals surface area (Å²) in [6.45, 7) is 8.47. The van der Waals surface area contributed by atoms with Crippen LogP contribution in [0.15, 0.2) is 40.9 Å². The number of hydrogen-bond acceptors (Lipinski definition) is 9. The van der Waals surface area contributed by atoms with Crippen molar-refractivity contribution in [1.29, 1.82) is 0 Å². The van der Waals surface area contributed by atoms with E-state index < -0.39 is 5.82 Å². The lowest BCUT2D eigenvalue weighted by molar-refractivity contribution is 0.0420. The zero-order valence-corrected chi connectivity index (χ0v) is 18.0. The summed E-state index contributed by atoms with van der Waals surface area (Å²) in [5.41, 5.74) is 1.15. The first-order valence-corrected chi connectivity index (χ1v) is 10.2. The van der Waals surface area contributed by atoms with E-state index in [0.717, 1.165) is 19.0 Å². The Bertz CT molecular complexity index is 963. The average Bonchev–Trinajstić information content (AvgIpc) is 3.09. The zero-order chi connectivity index (χ0) is 22.2. The largest absolute Gasteiger partial charge is 0.365 e. The molecule has 0 aliphatic carbocycles. The van der Waals surface area contributed by atoms with Crippen molar-refractivity contribution in [3.8, 4) is 0 Å². The molecule has 0 saturated carbocycles. The Morgan fingerprint density at radius 2 is 1.87 bits per heavy atom. The lowest BCUT2D eigenvalue weighted by Gasteiger charge is -2.46. The molecular weight excluding hydrogens is 404 g/mol. The third-order valence-electron chi connectivity index (χ3n) is 5.17. The van der Waals surface area contributed by atoms with Crippen molar-refractivity contribution in [1.82, 2.24) is 20.5 Å². The fourth-order valence-electron chi connectivity index (χ4n) is 4.41. The van der Waals surface area contributed by atoms with E-state index in [0.29, 0.717) is 11.4 Å². The molecule has 3 heterocycles. The second kappa shape index (κ2) is 7.88. The molecule has 3 N–H and O–H groups in total. The molecule has 9 nitrogen and oxygen atoms in total. The maximum atomic E-state index is 14.5. The zero-order valence-electron chi connectivity index (χ0n) is 18.0. The van der Waals surface area contributed by atoms with Gasteiger partial charge in [0.2, 0.25) is 5.95 Å². The summed E-state index contributed by atoms with van der Waals surface area (Å²) in [6, 6.07) is 7.20. The van der Waals surface area contributed by atoms with Crippen LogP contribution in [0.3, 0.4) is 0 Å². The number of piperidine rings is 1. The summed E-state index contributed by atoms with van der Waals surface area (Å²) in [5, 5.41) is 18.6. The van der Waals surface area contributed by atoms with Gasteiger partial charge in [0, 0.05) is 22.8 Å². The van der Waals surface area contributed by atoms with E-state index in [1.807, 2.05) is 6.07 Å². The maximum absolute atomic E-state index is 14.5. The van der Waals surface area contributed by atoms with Crippen LogP contribution in [-0.4, -0.2) is 39.0 Å². The fraction of sp³-hybridized carbons (Fsp3) is 0.500. The Morgan fingerprint density at radius 1 is 1.13 bits per heavy atom. The molecule has 2 aliphatic rings. The number of anilines is 4. The summed E-state index contributed by atoms with van der Waals surface area (Å²) in [4.78, 5) is 8.39. The number of aromatic nitrogens is 2. The third kappa shape index (κ3) is 5.16. The second-order valence-electron chi connectivity index (χ2n) is 9.26. The van der Waals surface area contributed by atoms with Gasteiger partial charge in [-0.15, -0.1) is 0 Å². The minimum atomic E-state index is -0.506. The molecule has 1 fully saturated rings. The Labute approximate surface area is 179 Å². The van der Waals surface area contributed by atoms with Gasteiger partial charge in [-0.2, -0.15) is 4.98 Å². The quantitative estimate of drug-likeness (QED) is 0.607. The molecule has 2 aliphatic heterocycles. The minimum Gasteiger partial charge on any atom is -0.365 e. The molecule has 0 spiro atoms. The highest BCUT2D eigenvalue weighted by Gasteiger charge is 2.38. The van der Waals surface area contributed by atoms with Gasteiger partial charge in [-0.05, 0) is 69.2 Å². The highest BCUT2D eigenvalue weighted by Crippen LogP contribution is 2.31. The molecule has 11 heteroatoms. The van der Waals surface area contributed by atoms with Crippen LogP contribution in [0.5, 0.6) is 0 Å². The van der Waals surface area contributed by atoms with Gasteiger partial charge < -0.3 is 16.0 Å². The van der Waals surface area contributed by atoms with Gasteiger partial charge in [-0.1, -0.05) is 15.8 Å². The van der Waals surface area contributed by atoms with E-state index in [4.69, 9.17) is 0 Å². The van der Waals surface area contributed by atoms with Gasteiger partial charge in [0.05, 0.1) is 11.9 Å². The molecule has 1 aromatic carbocycles. The van der Waals surface area contributed by atoms with Crippen molar-refractivity contribution < 1.29 is 8.87 Å². The Balaban J connectivity index is 1.49. The SMILES string of the molecule is CC1(C)CC(Nc2nc(Nc3cccc(N4CN(F)N=N4)c3)ncc2F)CC(C)(C)N1. The number of nitrogens with one attached hydrogen (secondary N) is 3. The predicted molar refractivity (Wildman–Crippen MR) is 115 cm³/mol. The first-order chi connectivity index (χ1) is 14.6. The highest BCUT2D eigenvalue weighted by molar-refractivity contribution is 5.62. The van der Waals surface area contributed by atoms with E-state index in [-0.39, 0.29) is 40.8 Å². The van der Waals surface area contributed by atoms with Crippen LogP contribution in [0.25, 0.3) is 0 Å². The van der Waals surface area contributed by atoms with Gasteiger partial charge in [-0.3, -0.25) is 0 Å². The Kier molecular flexibility index (Phi) is 5.38. The van der Waals surface area contributed by atoms with Gasteiger partial charge >= 0.3 is 0 Å². The van der Waals surface area contributed by atoms with Crippen LogP contribution in [0.4, 0.5) is 32.0 Å². The predicted octanol–water partition coefficient (Wildman–Crippen LogP) is 4.33. The summed E-state index contributed by atoms with van der Waals surface area (Å²) in [5.74, 6) is -0.0915. The summed E-state index contributed by atoms with van der Waals surface area (Å²) < 4.78 is 27.6. The van der Waals surface area contributed by atoms with Crippen molar-refractivity contribution in [3.05, 3.63) is 36.3 Å². The number of benzene rings is 1. The van der Waals surface area contributed by atoms with Crippen LogP contribution in [0.2, 0.25) is 0 Å². The van der Waals surface area contributed by atoms with Gasteiger partial charge in [0.1, 0.15) is 0 Å². The normalized spacial score (nSPS) is 20.2. The molecule has 2 aromatic rings. The van der Waals surface area contributed by atoms with E-state index in [2.05, 4.69) is 64.1 Å². The highest BCUT2D eigenvalue weighted by atomic mass is 19.2. The monoisotopic (exact) mass is 431 g/mol. The van der Waals surface area contributed by atoms with Crippen LogP contribution >= 0.6 is 0 Å². The van der Waals surface area contributed by atoms with Crippen LogP contribution in [-0.2, 0) is 0 Å². The van der Waals surface area contributed by atoms with Crippen LogP contribution < -0.4 is 21.0 Å². The Morgan fingerprint density at radius 3 is 2.55 bits per heavy atom. The smallest absolute Gasteiger partial charge is 0.229 e. The average molecular weight is 431 g/mol. The molecule has 1 aromatic heterocycles. The van der Waals surface area contributed by atoms with E-state index >= 15 is 0 Å². The third-order valence-corrected chi connectivity index (χ3v) is 5.17. The van der Waals surface area contributed by atoms with Gasteiger partial charge in [-0.25, -0.2) is 14.4 Å². The lowest BCUT2D eigenvalue weighted by atomic mass is 9.79. The molecule has 0 amide bonds. The first kappa shape index (κ1) is 21.2. The molecule has 166 valence electrons. The van der Waals surface area contributed by atoms with Gasteiger partial charge in [0.15, 0.2) is 18.3 Å². The van der Waals surface area contributed by atoms with E-state index in [9.17, 15) is 8.87 Å². The second-order valence-corrected chi connectivity index (χ2v) is 9.26. The number of rotatable bonds is 5. The summed E-state index contributed by atoms with van der Waals surface area (Å²) in [6.07, 6.45) is 2.82. The van der Waals surface area contributed by atoms with E-state index in [1.54, 1.807) is 18.2 Å². The first-order valence-electron chi connectivity index (χ1n) is 10.2. The standard InChI is InChI=1S/C20H27F2N9/c1-19(2)9-14(10-20(3,4)27-19)24-17-16(21)11-23-18(26-17)25-13-6-5-7-15(8-13)30-12-31(22)29-28-30/h5-8,11,14,27H,9-10,12H2,1-4H3,(H2,23,24,25,26). The van der Waals surface area contributed by atoms with Crippen molar-refractivity contribution in [2.45, 2.75) is 57.7 Å². The topological polar surface area (TPSA) is 93.1 Å². The Hall–Kier alpha value is -3.08. The summed E-state index contributed by atoms with van der Waals surface area (Å²) in [7, 11) is 0. The number of halogens is 2.